The average molecular weight is 678 g/mol. The zero-order valence-corrected chi connectivity index (χ0v) is 28.6. The molecule has 0 spiro atoms. The van der Waals surface area contributed by atoms with Crippen LogP contribution in [-0.4, -0.2) is 15.0 Å². The molecule has 0 fully saturated rings. The molecule has 10 aromatic rings. The molecule has 0 unspecified atom stereocenters. The molecule has 0 aliphatic carbocycles. The van der Waals surface area contributed by atoms with Gasteiger partial charge in [0.2, 0.25) is 0 Å². The Morgan fingerprint density at radius 2 is 0.755 bits per heavy atom. The minimum Gasteiger partial charge on any atom is -0.456 e. The number of hydrogen-bond donors (Lipinski definition) is 0. The second kappa shape index (κ2) is 12.9. The maximum Gasteiger partial charge on any atom is 0.164 e. The number of benzene rings is 8. The molecule has 248 valence electrons. The third kappa shape index (κ3) is 5.63. The molecule has 53 heavy (non-hydrogen) atoms. The van der Waals surface area contributed by atoms with E-state index in [2.05, 4.69) is 152 Å². The van der Waals surface area contributed by atoms with Crippen LogP contribution in [-0.2, 0) is 0 Å². The van der Waals surface area contributed by atoms with Crippen molar-refractivity contribution in [1.82, 2.24) is 15.0 Å². The van der Waals surface area contributed by atoms with Gasteiger partial charge in [-0.2, -0.15) is 0 Å². The fourth-order valence-electron chi connectivity index (χ4n) is 7.29. The lowest BCUT2D eigenvalue weighted by Gasteiger charge is -2.13. The second-order valence-electron chi connectivity index (χ2n) is 13.2. The summed E-state index contributed by atoms with van der Waals surface area (Å²) < 4.78 is 6.52. The van der Waals surface area contributed by atoms with Crippen LogP contribution in [0.5, 0.6) is 0 Å². The fourth-order valence-corrected chi connectivity index (χ4v) is 7.29. The first-order valence-corrected chi connectivity index (χ1v) is 17.8. The van der Waals surface area contributed by atoms with E-state index in [1.54, 1.807) is 0 Å². The molecule has 0 aliphatic rings. The van der Waals surface area contributed by atoms with E-state index in [0.29, 0.717) is 17.5 Å². The highest BCUT2D eigenvalue weighted by Crippen LogP contribution is 2.44. The van der Waals surface area contributed by atoms with Gasteiger partial charge in [0.15, 0.2) is 17.5 Å². The molecule has 4 heteroatoms. The molecule has 4 nitrogen and oxygen atoms in total. The van der Waals surface area contributed by atoms with Crippen molar-refractivity contribution >= 4 is 32.7 Å². The van der Waals surface area contributed by atoms with Crippen LogP contribution >= 0.6 is 0 Å². The van der Waals surface area contributed by atoms with E-state index < -0.39 is 0 Å². The van der Waals surface area contributed by atoms with Gasteiger partial charge >= 0.3 is 0 Å². The first-order valence-electron chi connectivity index (χ1n) is 17.8. The monoisotopic (exact) mass is 677 g/mol. The Balaban J connectivity index is 1.12. The summed E-state index contributed by atoms with van der Waals surface area (Å²) in [5.41, 5.74) is 11.4. The number of nitrogens with zero attached hydrogens (tertiary/aromatic N) is 3. The minimum atomic E-state index is 0.620. The van der Waals surface area contributed by atoms with Gasteiger partial charge in [-0.25, -0.2) is 15.0 Å². The number of rotatable bonds is 6. The zero-order valence-electron chi connectivity index (χ0n) is 28.6. The molecule has 0 saturated carbocycles. The summed E-state index contributed by atoms with van der Waals surface area (Å²) in [6.45, 7) is 0. The summed E-state index contributed by atoms with van der Waals surface area (Å²) in [6.07, 6.45) is 0. The van der Waals surface area contributed by atoms with Crippen molar-refractivity contribution in [3.63, 3.8) is 0 Å². The molecule has 10 rings (SSSR count). The normalized spacial score (nSPS) is 11.4. The molecule has 2 aromatic heterocycles. The molecule has 0 N–H and O–H groups in total. The highest BCUT2D eigenvalue weighted by atomic mass is 16.3. The van der Waals surface area contributed by atoms with E-state index in [9.17, 15) is 0 Å². The lowest BCUT2D eigenvalue weighted by Crippen LogP contribution is -2.00. The van der Waals surface area contributed by atoms with Gasteiger partial charge in [0.1, 0.15) is 11.2 Å². The van der Waals surface area contributed by atoms with Crippen molar-refractivity contribution in [3.8, 4) is 67.5 Å². The van der Waals surface area contributed by atoms with Crippen LogP contribution < -0.4 is 0 Å². The van der Waals surface area contributed by atoms with E-state index in [1.165, 1.54) is 10.9 Å². The lowest BCUT2D eigenvalue weighted by molar-refractivity contribution is 0.669. The van der Waals surface area contributed by atoms with E-state index in [-0.39, 0.29) is 0 Å². The third-order valence-corrected chi connectivity index (χ3v) is 9.94. The zero-order chi connectivity index (χ0) is 35.1. The molecular weight excluding hydrogens is 647 g/mol. The Morgan fingerprint density at radius 1 is 0.321 bits per heavy atom. The molecule has 0 bridgehead atoms. The fraction of sp³-hybridized carbons (Fsp3) is 0. The highest BCUT2D eigenvalue weighted by molar-refractivity contribution is 6.18. The van der Waals surface area contributed by atoms with Crippen LogP contribution in [0.3, 0.4) is 0 Å². The summed E-state index contributed by atoms with van der Waals surface area (Å²) in [7, 11) is 0. The van der Waals surface area contributed by atoms with Gasteiger partial charge in [-0.15, -0.1) is 0 Å². The predicted octanol–water partition coefficient (Wildman–Crippen LogP) is 12.9. The molecule has 0 aliphatic heterocycles. The Bertz CT molecular complexity index is 2900. The summed E-state index contributed by atoms with van der Waals surface area (Å²) in [5, 5.41) is 4.55. The standard InChI is InChI=1S/C49H31N3O/c1-4-12-32(13-5-1)33-20-24-37(25-21-33)48-50-47(36-16-8-3-9-17-36)51-49(52-48)38-26-22-35(23-27-38)45-41(34-14-6-2-7-15-34)28-29-43-46(45)42-30-39-18-10-11-19-40(39)31-44(42)53-43/h1-31H. The summed E-state index contributed by atoms with van der Waals surface area (Å²) in [6, 6.07) is 65.2. The van der Waals surface area contributed by atoms with Gasteiger partial charge in [0, 0.05) is 33.0 Å². The smallest absolute Gasteiger partial charge is 0.164 e. The molecule has 0 amide bonds. The molecule has 2 heterocycles. The second-order valence-corrected chi connectivity index (χ2v) is 13.2. The number of furan rings is 1. The quantitative estimate of drug-likeness (QED) is 0.176. The van der Waals surface area contributed by atoms with E-state index in [4.69, 9.17) is 19.4 Å². The van der Waals surface area contributed by atoms with Crippen LogP contribution in [0.15, 0.2) is 192 Å². The van der Waals surface area contributed by atoms with Gasteiger partial charge in [0.25, 0.3) is 0 Å². The van der Waals surface area contributed by atoms with Gasteiger partial charge in [-0.3, -0.25) is 0 Å². The Kier molecular flexibility index (Phi) is 7.43. The minimum absolute atomic E-state index is 0.620. The number of fused-ring (bicyclic) bond motifs is 4. The average Bonchev–Trinajstić information content (AvgIpc) is 3.60. The van der Waals surface area contributed by atoms with Crippen LogP contribution in [0.1, 0.15) is 0 Å². The summed E-state index contributed by atoms with van der Waals surface area (Å²) in [5.74, 6) is 1.88. The molecule has 0 radical (unpaired) electrons. The highest BCUT2D eigenvalue weighted by Gasteiger charge is 2.19. The lowest BCUT2D eigenvalue weighted by atomic mass is 9.90. The molecule has 0 atom stereocenters. The topological polar surface area (TPSA) is 51.8 Å². The van der Waals surface area contributed by atoms with Crippen molar-refractivity contribution in [2.45, 2.75) is 0 Å². The molecule has 8 aromatic carbocycles. The van der Waals surface area contributed by atoms with Crippen molar-refractivity contribution in [2.75, 3.05) is 0 Å². The van der Waals surface area contributed by atoms with Crippen molar-refractivity contribution in [2.24, 2.45) is 0 Å². The maximum atomic E-state index is 6.52. The van der Waals surface area contributed by atoms with E-state index in [1.807, 2.05) is 36.4 Å². The summed E-state index contributed by atoms with van der Waals surface area (Å²) >= 11 is 0. The largest absolute Gasteiger partial charge is 0.456 e. The maximum absolute atomic E-state index is 6.52. The Hall–Kier alpha value is -7.17. The molecule has 0 saturated heterocycles. The SMILES string of the molecule is c1ccc(-c2ccc(-c3nc(-c4ccccc4)nc(-c4ccc(-c5c(-c6ccccc6)ccc6oc7cc8ccccc8cc7c56)cc4)n3)cc2)cc1. The number of aromatic nitrogens is 3. The number of hydrogen-bond acceptors (Lipinski definition) is 4. The van der Waals surface area contributed by atoms with Crippen molar-refractivity contribution in [1.29, 1.82) is 0 Å². The van der Waals surface area contributed by atoms with Crippen LogP contribution in [0.4, 0.5) is 0 Å². The van der Waals surface area contributed by atoms with Gasteiger partial charge in [-0.1, -0.05) is 170 Å². The van der Waals surface area contributed by atoms with Crippen LogP contribution in [0.2, 0.25) is 0 Å². The van der Waals surface area contributed by atoms with Gasteiger partial charge < -0.3 is 4.42 Å². The van der Waals surface area contributed by atoms with Gasteiger partial charge in [-0.05, 0) is 56.8 Å². The third-order valence-electron chi connectivity index (χ3n) is 9.94. The van der Waals surface area contributed by atoms with Crippen LogP contribution in [0.25, 0.3) is 100 Å². The molecular formula is C49H31N3O. The van der Waals surface area contributed by atoms with Crippen molar-refractivity contribution in [3.05, 3.63) is 188 Å². The van der Waals surface area contributed by atoms with Gasteiger partial charge in [0.05, 0.1) is 0 Å². The summed E-state index contributed by atoms with van der Waals surface area (Å²) in [4.78, 5) is 15.0. The van der Waals surface area contributed by atoms with Crippen molar-refractivity contribution < 1.29 is 4.42 Å². The Morgan fingerprint density at radius 3 is 1.34 bits per heavy atom. The Labute approximate surface area is 306 Å². The van der Waals surface area contributed by atoms with Crippen LogP contribution in [0, 0.1) is 0 Å². The predicted molar refractivity (Wildman–Crippen MR) is 217 cm³/mol. The van der Waals surface area contributed by atoms with E-state index in [0.717, 1.165) is 71.8 Å². The van der Waals surface area contributed by atoms with E-state index >= 15 is 0 Å². The first kappa shape index (κ1) is 30.6. The first-order chi connectivity index (χ1) is 26.2.